The van der Waals surface area contributed by atoms with Crippen molar-refractivity contribution in [1.29, 1.82) is 0 Å². The van der Waals surface area contributed by atoms with E-state index in [-0.39, 0.29) is 5.69 Å². The lowest BCUT2D eigenvalue weighted by Crippen LogP contribution is -2.29. The van der Waals surface area contributed by atoms with E-state index in [9.17, 15) is 22.8 Å². The quantitative estimate of drug-likeness (QED) is 0.759. The second-order valence-electron chi connectivity index (χ2n) is 4.61. The molecule has 2 aromatic rings. The van der Waals surface area contributed by atoms with E-state index in [2.05, 4.69) is 5.32 Å². The molecule has 120 valence electrons. The molecule has 23 heavy (non-hydrogen) atoms. The number of anilines is 3. The van der Waals surface area contributed by atoms with Gasteiger partial charge in [-0.05, 0) is 48.5 Å². The summed E-state index contributed by atoms with van der Waals surface area (Å²) in [5.41, 5.74) is 6.77. The third-order valence-corrected chi connectivity index (χ3v) is 2.83. The van der Waals surface area contributed by atoms with Crippen LogP contribution in [0.3, 0.4) is 0 Å². The van der Waals surface area contributed by atoms with Crippen LogP contribution < -0.4 is 16.4 Å². The van der Waals surface area contributed by atoms with Gasteiger partial charge in [0.25, 0.3) is 5.91 Å². The molecule has 0 unspecified atom stereocenters. The van der Waals surface area contributed by atoms with Crippen LogP contribution in [0.15, 0.2) is 48.5 Å². The lowest BCUT2D eigenvalue weighted by molar-refractivity contribution is -0.167. The van der Waals surface area contributed by atoms with Crippen LogP contribution in [-0.4, -0.2) is 18.0 Å². The lowest BCUT2D eigenvalue weighted by Gasteiger charge is -2.09. The smallest absolute Gasteiger partial charge is 0.399 e. The first-order valence-electron chi connectivity index (χ1n) is 6.41. The monoisotopic (exact) mass is 323 g/mol. The number of amides is 2. The molecule has 0 aromatic heterocycles. The first kappa shape index (κ1) is 16.3. The number of carbonyl (C=O) groups is 2. The van der Waals surface area contributed by atoms with Gasteiger partial charge in [-0.1, -0.05) is 0 Å². The summed E-state index contributed by atoms with van der Waals surface area (Å²) in [4.78, 5) is 22.7. The Morgan fingerprint density at radius 1 is 0.826 bits per heavy atom. The van der Waals surface area contributed by atoms with Gasteiger partial charge >= 0.3 is 12.1 Å². The van der Waals surface area contributed by atoms with Crippen LogP contribution >= 0.6 is 0 Å². The van der Waals surface area contributed by atoms with E-state index in [4.69, 9.17) is 5.73 Å². The summed E-state index contributed by atoms with van der Waals surface area (Å²) in [6.45, 7) is 0. The molecule has 2 rings (SSSR count). The molecule has 0 aliphatic heterocycles. The van der Waals surface area contributed by atoms with Crippen molar-refractivity contribution in [2.24, 2.45) is 0 Å². The van der Waals surface area contributed by atoms with Crippen molar-refractivity contribution in [3.63, 3.8) is 0 Å². The third kappa shape index (κ3) is 4.47. The minimum atomic E-state index is -4.96. The average molecular weight is 323 g/mol. The minimum Gasteiger partial charge on any atom is -0.399 e. The summed E-state index contributed by atoms with van der Waals surface area (Å²) in [7, 11) is 0. The van der Waals surface area contributed by atoms with Crippen LogP contribution in [0.25, 0.3) is 0 Å². The minimum absolute atomic E-state index is 0.0298. The van der Waals surface area contributed by atoms with Crippen LogP contribution in [0, 0.1) is 0 Å². The largest absolute Gasteiger partial charge is 0.471 e. The lowest BCUT2D eigenvalue weighted by atomic mass is 10.2. The predicted molar refractivity (Wildman–Crippen MR) is 79.9 cm³/mol. The summed E-state index contributed by atoms with van der Waals surface area (Å²) in [6.07, 6.45) is -4.96. The highest BCUT2D eigenvalue weighted by molar-refractivity contribution is 6.04. The number of carbonyl (C=O) groups excluding carboxylic acids is 2. The van der Waals surface area contributed by atoms with Crippen LogP contribution in [0.2, 0.25) is 0 Å². The molecule has 0 fully saturated rings. The Morgan fingerprint density at radius 3 is 1.78 bits per heavy atom. The van der Waals surface area contributed by atoms with Crippen LogP contribution in [0.1, 0.15) is 10.4 Å². The first-order valence-corrected chi connectivity index (χ1v) is 6.41. The maximum absolute atomic E-state index is 12.1. The zero-order valence-electron chi connectivity index (χ0n) is 11.6. The van der Waals surface area contributed by atoms with Crippen molar-refractivity contribution < 1.29 is 22.8 Å². The van der Waals surface area contributed by atoms with Gasteiger partial charge in [0.2, 0.25) is 0 Å². The van der Waals surface area contributed by atoms with Crippen molar-refractivity contribution in [3.05, 3.63) is 54.1 Å². The molecular weight excluding hydrogens is 311 g/mol. The van der Waals surface area contributed by atoms with E-state index in [1.165, 1.54) is 24.3 Å². The number of alkyl halides is 3. The van der Waals surface area contributed by atoms with Crippen LogP contribution in [-0.2, 0) is 4.79 Å². The number of benzene rings is 2. The fourth-order valence-corrected chi connectivity index (χ4v) is 1.68. The molecule has 0 heterocycles. The maximum atomic E-state index is 12.1. The molecule has 4 N–H and O–H groups in total. The normalized spacial score (nSPS) is 10.9. The number of nitrogens with one attached hydrogen (secondary N) is 2. The first-order chi connectivity index (χ1) is 10.8. The van der Waals surface area contributed by atoms with Crippen molar-refractivity contribution >= 4 is 28.9 Å². The molecule has 0 aliphatic rings. The summed E-state index contributed by atoms with van der Waals surface area (Å²) in [5, 5.41) is 4.28. The van der Waals surface area contributed by atoms with Gasteiger partial charge in [0, 0.05) is 22.6 Å². The number of hydrogen-bond acceptors (Lipinski definition) is 3. The molecule has 0 aliphatic carbocycles. The molecule has 0 spiro atoms. The van der Waals surface area contributed by atoms with Gasteiger partial charge in [0.1, 0.15) is 0 Å². The van der Waals surface area contributed by atoms with Crippen molar-refractivity contribution in [3.8, 4) is 0 Å². The number of rotatable bonds is 3. The molecule has 8 heteroatoms. The molecule has 0 saturated heterocycles. The molecule has 2 amide bonds. The van der Waals surface area contributed by atoms with E-state index in [0.29, 0.717) is 16.9 Å². The molecule has 0 atom stereocenters. The maximum Gasteiger partial charge on any atom is 0.471 e. The van der Waals surface area contributed by atoms with Gasteiger partial charge in [0.05, 0.1) is 0 Å². The van der Waals surface area contributed by atoms with Gasteiger partial charge in [-0.3, -0.25) is 9.59 Å². The highest BCUT2D eigenvalue weighted by Crippen LogP contribution is 2.20. The Balaban J connectivity index is 2.01. The van der Waals surface area contributed by atoms with Gasteiger partial charge < -0.3 is 16.4 Å². The van der Waals surface area contributed by atoms with Gasteiger partial charge in [-0.15, -0.1) is 0 Å². The number of nitrogens with two attached hydrogens (primary N) is 1. The van der Waals surface area contributed by atoms with Crippen molar-refractivity contribution in [2.75, 3.05) is 16.4 Å². The molecule has 0 bridgehead atoms. The Bertz CT molecular complexity index is 710. The van der Waals surface area contributed by atoms with E-state index in [0.717, 1.165) is 0 Å². The zero-order valence-corrected chi connectivity index (χ0v) is 11.6. The Kier molecular flexibility index (Phi) is 4.54. The number of nitrogen functional groups attached to an aromatic ring is 1. The summed E-state index contributed by atoms with van der Waals surface area (Å²) < 4.78 is 36.4. The fraction of sp³-hybridized carbons (Fsp3) is 0.0667. The van der Waals surface area contributed by atoms with Gasteiger partial charge in [-0.2, -0.15) is 13.2 Å². The second kappa shape index (κ2) is 6.39. The molecule has 2 aromatic carbocycles. The summed E-state index contributed by atoms with van der Waals surface area (Å²) in [6, 6.07) is 11.5. The topological polar surface area (TPSA) is 84.2 Å². The third-order valence-electron chi connectivity index (χ3n) is 2.83. The fourth-order valence-electron chi connectivity index (χ4n) is 1.68. The van der Waals surface area contributed by atoms with E-state index < -0.39 is 18.0 Å². The molecule has 0 saturated carbocycles. The standard InChI is InChI=1S/C15H12F3N3O2/c16-15(17,18)14(23)21-12-7-5-11(6-8-12)20-13(22)9-1-3-10(19)4-2-9/h1-8H,19H2,(H,20,22)(H,21,23). The average Bonchev–Trinajstić information content (AvgIpc) is 2.49. The van der Waals surface area contributed by atoms with E-state index in [1.54, 1.807) is 29.6 Å². The van der Waals surface area contributed by atoms with E-state index in [1.807, 2.05) is 0 Å². The molecule has 5 nitrogen and oxygen atoms in total. The van der Waals surface area contributed by atoms with E-state index >= 15 is 0 Å². The van der Waals surface area contributed by atoms with Crippen LogP contribution in [0.4, 0.5) is 30.2 Å². The predicted octanol–water partition coefficient (Wildman–Crippen LogP) is 3.02. The van der Waals surface area contributed by atoms with Crippen LogP contribution in [0.5, 0.6) is 0 Å². The molecule has 0 radical (unpaired) electrons. The zero-order chi connectivity index (χ0) is 17.0. The van der Waals surface area contributed by atoms with Gasteiger partial charge in [-0.25, -0.2) is 0 Å². The highest BCUT2D eigenvalue weighted by Gasteiger charge is 2.38. The summed E-state index contributed by atoms with van der Waals surface area (Å²) in [5.74, 6) is -2.45. The highest BCUT2D eigenvalue weighted by atomic mass is 19.4. The Labute approximate surface area is 129 Å². The second-order valence-corrected chi connectivity index (χ2v) is 4.61. The summed E-state index contributed by atoms with van der Waals surface area (Å²) >= 11 is 0. The number of halogens is 3. The van der Waals surface area contributed by atoms with Gasteiger partial charge in [0.15, 0.2) is 0 Å². The molecular formula is C15H12F3N3O2. The Morgan fingerprint density at radius 2 is 1.30 bits per heavy atom. The Hall–Kier alpha value is -3.03. The van der Waals surface area contributed by atoms with Crippen molar-refractivity contribution in [2.45, 2.75) is 6.18 Å². The SMILES string of the molecule is Nc1ccc(C(=O)Nc2ccc(NC(=O)C(F)(F)F)cc2)cc1. The number of hydrogen-bond donors (Lipinski definition) is 3. The van der Waals surface area contributed by atoms with Crippen molar-refractivity contribution in [1.82, 2.24) is 0 Å².